The van der Waals surface area contributed by atoms with E-state index in [2.05, 4.69) is 14.7 Å². The van der Waals surface area contributed by atoms with E-state index in [9.17, 15) is 30.9 Å². The second-order valence-electron chi connectivity index (χ2n) is 9.97. The van der Waals surface area contributed by atoms with Crippen LogP contribution in [0.25, 0.3) is 0 Å². The van der Waals surface area contributed by atoms with E-state index in [1.165, 1.54) is 23.4 Å². The van der Waals surface area contributed by atoms with Gasteiger partial charge in [0.05, 0.1) is 11.4 Å². The van der Waals surface area contributed by atoms with Gasteiger partial charge in [-0.05, 0) is 71.5 Å². The first-order chi connectivity index (χ1) is 16.8. The minimum atomic E-state index is -5.08. The maximum Gasteiger partial charge on any atom is 0.490 e. The summed E-state index contributed by atoms with van der Waals surface area (Å²) in [6.45, 7) is 9.21. The number of aliphatic carboxylic acids is 2. The van der Waals surface area contributed by atoms with Crippen molar-refractivity contribution >= 4 is 23.3 Å². The van der Waals surface area contributed by atoms with Gasteiger partial charge in [0.25, 0.3) is 0 Å². The molecule has 4 rings (SSSR count). The maximum atomic E-state index is 12.8. The van der Waals surface area contributed by atoms with E-state index in [-0.39, 0.29) is 16.2 Å². The molecular weight excluding hydrogens is 534 g/mol. The SMILES string of the molecule is CC(C)(C)[S@@+]([O-])N[C@@H]1c2c3c(nn2CC12CCNCC2)CCC3.O=C(O)C(F)(F)F.O=C(O)C(F)(F)F. The van der Waals surface area contributed by atoms with Crippen molar-refractivity contribution in [1.82, 2.24) is 19.8 Å². The summed E-state index contributed by atoms with van der Waals surface area (Å²) in [6, 6.07) is 0.180. The smallest absolute Gasteiger partial charge is 0.490 e. The molecule has 37 heavy (non-hydrogen) atoms. The molecule has 0 unspecified atom stereocenters. The first kappa shape index (κ1) is 31.2. The van der Waals surface area contributed by atoms with Crippen molar-refractivity contribution in [3.63, 3.8) is 0 Å². The molecule has 0 radical (unpaired) electrons. The molecule has 0 amide bonds. The molecule has 212 valence electrons. The van der Waals surface area contributed by atoms with Gasteiger partial charge in [-0.3, -0.25) is 4.68 Å². The van der Waals surface area contributed by atoms with Crippen LogP contribution in [0.2, 0.25) is 0 Å². The summed E-state index contributed by atoms with van der Waals surface area (Å²) in [4.78, 5) is 17.8. The van der Waals surface area contributed by atoms with E-state index in [0.717, 1.165) is 45.3 Å². The van der Waals surface area contributed by atoms with Gasteiger partial charge in [0, 0.05) is 23.3 Å². The van der Waals surface area contributed by atoms with E-state index in [1.54, 1.807) is 0 Å². The number of piperidine rings is 1. The molecule has 1 spiro atoms. The third-order valence-electron chi connectivity index (χ3n) is 6.23. The predicted octanol–water partition coefficient (Wildman–Crippen LogP) is 3.11. The van der Waals surface area contributed by atoms with Crippen LogP contribution >= 0.6 is 0 Å². The zero-order valence-electron chi connectivity index (χ0n) is 20.4. The zero-order valence-corrected chi connectivity index (χ0v) is 21.2. The Kier molecular flexibility index (Phi) is 9.58. The van der Waals surface area contributed by atoms with Crippen LogP contribution in [0.4, 0.5) is 26.3 Å². The molecule has 4 N–H and O–H groups in total. The summed E-state index contributed by atoms with van der Waals surface area (Å²) in [7, 11) is 0. The van der Waals surface area contributed by atoms with Crippen molar-refractivity contribution in [1.29, 1.82) is 0 Å². The van der Waals surface area contributed by atoms with Gasteiger partial charge in [-0.1, -0.05) is 0 Å². The number of aromatic nitrogens is 2. The van der Waals surface area contributed by atoms with Crippen LogP contribution < -0.4 is 10.0 Å². The zero-order chi connectivity index (χ0) is 28.4. The van der Waals surface area contributed by atoms with Crippen LogP contribution in [0.1, 0.15) is 63.0 Å². The molecule has 16 heteroatoms. The van der Waals surface area contributed by atoms with E-state index >= 15 is 0 Å². The van der Waals surface area contributed by atoms with Gasteiger partial charge in [-0.2, -0.15) is 31.4 Å². The molecule has 1 saturated heterocycles. The van der Waals surface area contributed by atoms with Gasteiger partial charge in [0.15, 0.2) is 0 Å². The van der Waals surface area contributed by atoms with Crippen LogP contribution in [0.5, 0.6) is 0 Å². The number of alkyl halides is 6. The molecular formula is C21H30F6N4O5S. The molecule has 1 aliphatic carbocycles. The van der Waals surface area contributed by atoms with Crippen molar-refractivity contribution < 1.29 is 50.7 Å². The summed E-state index contributed by atoms with van der Waals surface area (Å²) in [5, 5.41) is 22.6. The quantitative estimate of drug-likeness (QED) is 0.318. The number of hydrogen-bond acceptors (Lipinski definition) is 6. The fourth-order valence-electron chi connectivity index (χ4n) is 4.43. The van der Waals surface area contributed by atoms with Crippen LogP contribution in [0, 0.1) is 5.41 Å². The molecule has 0 aromatic carbocycles. The Morgan fingerprint density at radius 1 is 1.05 bits per heavy atom. The van der Waals surface area contributed by atoms with E-state index in [0.29, 0.717) is 0 Å². The standard InChI is InChI=1S/C17H28N4OS.2C2HF3O2/c1-16(2,3)23(22)20-15-14-12-5-4-6-13(12)19-21(14)11-17(15)7-9-18-10-8-17;2*3-2(4,5)1(6)7/h15,18,20H,4-11H2,1-3H3;2*(H,6,7)/t15-,23-;;/m1../s1. The summed E-state index contributed by atoms with van der Waals surface area (Å²) >= 11 is -1.05. The first-order valence-electron chi connectivity index (χ1n) is 11.4. The summed E-state index contributed by atoms with van der Waals surface area (Å²) < 4.78 is 81.8. The highest BCUT2D eigenvalue weighted by molar-refractivity contribution is 7.90. The van der Waals surface area contributed by atoms with E-state index < -0.39 is 35.7 Å². The summed E-state index contributed by atoms with van der Waals surface area (Å²) in [5.41, 5.74) is 4.25. The number of aryl methyl sites for hydroxylation is 1. The molecule has 0 saturated carbocycles. The van der Waals surface area contributed by atoms with Crippen molar-refractivity contribution in [2.45, 2.75) is 82.6 Å². The molecule has 3 heterocycles. The average molecular weight is 565 g/mol. The number of halogens is 6. The first-order valence-corrected chi connectivity index (χ1v) is 12.5. The van der Waals surface area contributed by atoms with Gasteiger partial charge < -0.3 is 20.1 Å². The number of carboxylic acid groups (broad SMARTS) is 2. The lowest BCUT2D eigenvalue weighted by Crippen LogP contribution is -2.49. The Bertz CT molecular complexity index is 946. The predicted molar refractivity (Wildman–Crippen MR) is 120 cm³/mol. The fourth-order valence-corrected chi connectivity index (χ4v) is 5.36. The maximum absolute atomic E-state index is 12.8. The summed E-state index contributed by atoms with van der Waals surface area (Å²) in [6.07, 6.45) is -4.44. The Morgan fingerprint density at radius 3 is 1.97 bits per heavy atom. The van der Waals surface area contributed by atoms with Crippen molar-refractivity contribution in [2.24, 2.45) is 5.41 Å². The minimum Gasteiger partial charge on any atom is -0.598 e. The van der Waals surface area contributed by atoms with Crippen LogP contribution in [-0.2, 0) is 40.3 Å². The molecule has 1 aromatic rings. The number of nitrogens with zero attached hydrogens (tertiary/aromatic N) is 2. The topological polar surface area (TPSA) is 140 Å². The highest BCUT2D eigenvalue weighted by Crippen LogP contribution is 2.51. The number of carbonyl (C=O) groups is 2. The van der Waals surface area contributed by atoms with Gasteiger partial charge in [0.2, 0.25) is 0 Å². The molecule has 3 aliphatic rings. The largest absolute Gasteiger partial charge is 0.598 e. The number of rotatable bonds is 2. The lowest BCUT2D eigenvalue weighted by Gasteiger charge is -2.39. The Morgan fingerprint density at radius 2 is 1.54 bits per heavy atom. The fraction of sp³-hybridized carbons (Fsp3) is 0.762. The third-order valence-corrected chi connectivity index (χ3v) is 7.80. The second-order valence-corrected chi connectivity index (χ2v) is 12.0. The second kappa shape index (κ2) is 11.4. The monoisotopic (exact) mass is 564 g/mol. The van der Waals surface area contributed by atoms with Gasteiger partial charge in [-0.25, -0.2) is 9.59 Å². The normalized spacial score (nSPS) is 21.2. The lowest BCUT2D eigenvalue weighted by molar-refractivity contribution is -0.193. The molecule has 2 aliphatic heterocycles. The highest BCUT2D eigenvalue weighted by atomic mass is 32.2. The molecule has 1 fully saturated rings. The number of fused-ring (bicyclic) bond motifs is 3. The molecule has 2 atom stereocenters. The van der Waals surface area contributed by atoms with Crippen molar-refractivity contribution in [3.05, 3.63) is 17.0 Å². The molecule has 0 bridgehead atoms. The van der Waals surface area contributed by atoms with Crippen LogP contribution in [-0.4, -0.2) is 66.7 Å². The molecule has 9 nitrogen and oxygen atoms in total. The van der Waals surface area contributed by atoms with Gasteiger partial charge in [0.1, 0.15) is 10.8 Å². The highest BCUT2D eigenvalue weighted by Gasteiger charge is 2.52. The minimum absolute atomic E-state index is 0.173. The number of hydrogen-bond donors (Lipinski definition) is 4. The lowest BCUT2D eigenvalue weighted by atomic mass is 9.73. The van der Waals surface area contributed by atoms with E-state index in [4.69, 9.17) is 24.9 Å². The summed E-state index contributed by atoms with van der Waals surface area (Å²) in [5.74, 6) is -5.51. The number of carboxylic acids is 2. The van der Waals surface area contributed by atoms with Crippen molar-refractivity contribution in [2.75, 3.05) is 13.1 Å². The Hall–Kier alpha value is -2.04. The Balaban J connectivity index is 0.000000286. The average Bonchev–Trinajstić information content (AvgIpc) is 3.39. The third kappa shape index (κ3) is 7.74. The van der Waals surface area contributed by atoms with Gasteiger partial charge in [-0.15, -0.1) is 4.72 Å². The Labute approximate surface area is 212 Å². The number of nitrogens with one attached hydrogen (secondary N) is 2. The van der Waals surface area contributed by atoms with Crippen LogP contribution in [0.3, 0.4) is 0 Å². The van der Waals surface area contributed by atoms with Gasteiger partial charge >= 0.3 is 24.3 Å². The van der Waals surface area contributed by atoms with Crippen molar-refractivity contribution in [3.8, 4) is 0 Å². The van der Waals surface area contributed by atoms with Crippen LogP contribution in [0.15, 0.2) is 0 Å². The molecule has 1 aromatic heterocycles. The van der Waals surface area contributed by atoms with E-state index in [1.807, 2.05) is 20.8 Å².